The highest BCUT2D eigenvalue weighted by atomic mass is 16.6. The standard InChI is InChI=1S/C18H21N3O6.C5H10O2/c1-25-16(23)3-2-6-21-13-9-12(4-5-14(13)26-10-15(21)22)19-17(24)18-11-20(18)7-8-27-18;1-5(2,3)7-4-6/h4-5,9H,2-3,6-8,10-11H2,1H3,(H,19,24);4H,1-3H3. The van der Waals surface area contributed by atoms with Crippen molar-refractivity contribution in [1.29, 1.82) is 0 Å². The zero-order chi connectivity index (χ0) is 24.9. The van der Waals surface area contributed by atoms with Crippen LogP contribution in [0.25, 0.3) is 0 Å². The van der Waals surface area contributed by atoms with Crippen molar-refractivity contribution < 1.29 is 38.1 Å². The highest BCUT2D eigenvalue weighted by molar-refractivity contribution is 6.02. The fourth-order valence-corrected chi connectivity index (χ4v) is 3.61. The Morgan fingerprint density at radius 2 is 2.06 bits per heavy atom. The van der Waals surface area contributed by atoms with Crippen LogP contribution in [0.5, 0.6) is 5.75 Å². The zero-order valence-electron chi connectivity index (χ0n) is 19.9. The molecule has 2 unspecified atom stereocenters. The van der Waals surface area contributed by atoms with E-state index >= 15 is 0 Å². The lowest BCUT2D eigenvalue weighted by Gasteiger charge is -2.30. The molecule has 186 valence electrons. The van der Waals surface area contributed by atoms with E-state index in [4.69, 9.17) is 9.47 Å². The summed E-state index contributed by atoms with van der Waals surface area (Å²) < 4.78 is 20.2. The predicted molar refractivity (Wildman–Crippen MR) is 121 cm³/mol. The number of hydrogen-bond donors (Lipinski definition) is 1. The van der Waals surface area contributed by atoms with E-state index < -0.39 is 5.72 Å². The van der Waals surface area contributed by atoms with Gasteiger partial charge in [0.2, 0.25) is 5.72 Å². The molecule has 0 saturated carbocycles. The van der Waals surface area contributed by atoms with Crippen LogP contribution in [0.4, 0.5) is 11.4 Å². The van der Waals surface area contributed by atoms with Crippen molar-refractivity contribution in [3.05, 3.63) is 18.2 Å². The highest BCUT2D eigenvalue weighted by Gasteiger charge is 2.63. The van der Waals surface area contributed by atoms with Crippen molar-refractivity contribution in [3.8, 4) is 5.75 Å². The second kappa shape index (κ2) is 10.4. The van der Waals surface area contributed by atoms with Crippen LogP contribution in [0, 0.1) is 0 Å². The average molecular weight is 478 g/mol. The number of esters is 1. The lowest BCUT2D eigenvalue weighted by molar-refractivity contribution is -0.141. The van der Waals surface area contributed by atoms with Gasteiger partial charge < -0.3 is 29.2 Å². The largest absolute Gasteiger partial charge is 0.482 e. The first kappa shape index (κ1) is 25.4. The molecule has 34 heavy (non-hydrogen) atoms. The van der Waals surface area contributed by atoms with Gasteiger partial charge in [-0.05, 0) is 45.4 Å². The molecule has 2 amide bonds. The van der Waals surface area contributed by atoms with E-state index in [2.05, 4.69) is 14.8 Å². The predicted octanol–water partition coefficient (Wildman–Crippen LogP) is 1.30. The molecule has 2 atom stereocenters. The molecule has 3 heterocycles. The molecule has 1 aromatic carbocycles. The molecule has 2 saturated heterocycles. The number of morpholine rings is 1. The molecule has 11 nitrogen and oxygen atoms in total. The van der Waals surface area contributed by atoms with E-state index in [0.717, 1.165) is 6.54 Å². The maximum Gasteiger partial charge on any atom is 0.305 e. The Hall–Kier alpha value is -3.18. The van der Waals surface area contributed by atoms with Crippen molar-refractivity contribution in [2.75, 3.05) is 50.2 Å². The summed E-state index contributed by atoms with van der Waals surface area (Å²) in [6, 6.07) is 5.17. The van der Waals surface area contributed by atoms with Gasteiger partial charge in [0.1, 0.15) is 11.4 Å². The van der Waals surface area contributed by atoms with Gasteiger partial charge in [0.25, 0.3) is 18.3 Å². The third-order valence-corrected chi connectivity index (χ3v) is 5.42. The Balaban J connectivity index is 0.000000406. The van der Waals surface area contributed by atoms with E-state index in [1.807, 2.05) is 25.7 Å². The van der Waals surface area contributed by atoms with Gasteiger partial charge in [0.05, 0.1) is 25.9 Å². The number of nitrogens with zero attached hydrogens (tertiary/aromatic N) is 2. The topological polar surface area (TPSA) is 123 Å². The van der Waals surface area contributed by atoms with E-state index in [9.17, 15) is 19.2 Å². The van der Waals surface area contributed by atoms with Gasteiger partial charge in [-0.3, -0.25) is 24.1 Å². The van der Waals surface area contributed by atoms with E-state index in [0.29, 0.717) is 49.7 Å². The Bertz CT molecular complexity index is 945. The van der Waals surface area contributed by atoms with Crippen molar-refractivity contribution in [2.45, 2.75) is 44.9 Å². The molecule has 2 fully saturated rings. The van der Waals surface area contributed by atoms with Crippen molar-refractivity contribution >= 4 is 35.6 Å². The minimum atomic E-state index is -0.831. The first-order valence-corrected chi connectivity index (χ1v) is 11.1. The Morgan fingerprint density at radius 1 is 1.29 bits per heavy atom. The Morgan fingerprint density at radius 3 is 2.62 bits per heavy atom. The van der Waals surface area contributed by atoms with Crippen molar-refractivity contribution in [2.24, 2.45) is 0 Å². The zero-order valence-corrected chi connectivity index (χ0v) is 19.9. The maximum atomic E-state index is 12.5. The van der Waals surface area contributed by atoms with Crippen LogP contribution in [-0.2, 0) is 33.4 Å². The number of anilines is 2. The molecule has 3 aliphatic rings. The summed E-state index contributed by atoms with van der Waals surface area (Å²) in [5.41, 5.74) is -0.0115. The number of fused-ring (bicyclic) bond motifs is 2. The molecule has 11 heteroatoms. The fraction of sp³-hybridized carbons (Fsp3) is 0.565. The van der Waals surface area contributed by atoms with Gasteiger partial charge in [-0.25, -0.2) is 0 Å². The molecule has 1 aromatic rings. The summed E-state index contributed by atoms with van der Waals surface area (Å²) in [6.45, 7) is 8.14. The number of nitrogens with one attached hydrogen (secondary N) is 1. The third-order valence-electron chi connectivity index (χ3n) is 5.42. The van der Waals surface area contributed by atoms with Gasteiger partial charge in [-0.1, -0.05) is 0 Å². The quantitative estimate of drug-likeness (QED) is 0.352. The smallest absolute Gasteiger partial charge is 0.305 e. The first-order chi connectivity index (χ1) is 16.1. The van der Waals surface area contributed by atoms with Crippen LogP contribution >= 0.6 is 0 Å². The van der Waals surface area contributed by atoms with Gasteiger partial charge in [0.15, 0.2) is 6.61 Å². The average Bonchev–Trinajstić information content (AvgIpc) is 3.35. The molecule has 3 aliphatic heterocycles. The maximum absolute atomic E-state index is 12.5. The van der Waals surface area contributed by atoms with E-state index in [-0.39, 0.29) is 36.4 Å². The molecular weight excluding hydrogens is 446 g/mol. The van der Waals surface area contributed by atoms with Crippen molar-refractivity contribution in [1.82, 2.24) is 4.90 Å². The number of hydrogen-bond acceptors (Lipinski definition) is 9. The summed E-state index contributed by atoms with van der Waals surface area (Å²) in [5, 5.41) is 2.86. The Labute approximate surface area is 198 Å². The van der Waals surface area contributed by atoms with Crippen molar-refractivity contribution in [3.63, 3.8) is 0 Å². The summed E-state index contributed by atoms with van der Waals surface area (Å²) in [7, 11) is 1.33. The van der Waals surface area contributed by atoms with E-state index in [1.165, 1.54) is 7.11 Å². The van der Waals surface area contributed by atoms with Crippen LogP contribution in [0.1, 0.15) is 33.6 Å². The number of carbonyl (C=O) groups excluding carboxylic acids is 4. The summed E-state index contributed by atoms with van der Waals surface area (Å²) in [5.74, 6) is -0.155. The number of amides is 2. The molecular formula is C23H31N3O8. The number of carbonyl (C=O) groups is 4. The lowest BCUT2D eigenvalue weighted by Crippen LogP contribution is -2.39. The van der Waals surface area contributed by atoms with Crippen LogP contribution in [0.3, 0.4) is 0 Å². The van der Waals surface area contributed by atoms with Gasteiger partial charge >= 0.3 is 5.97 Å². The molecule has 1 N–H and O–H groups in total. The Kier molecular flexibility index (Phi) is 7.78. The van der Waals surface area contributed by atoms with Crippen LogP contribution in [0.2, 0.25) is 0 Å². The van der Waals surface area contributed by atoms with Gasteiger partial charge in [-0.15, -0.1) is 0 Å². The number of rotatable bonds is 7. The molecule has 0 aliphatic carbocycles. The number of benzene rings is 1. The fourth-order valence-electron chi connectivity index (χ4n) is 3.61. The van der Waals surface area contributed by atoms with Crippen LogP contribution in [-0.4, -0.2) is 80.4 Å². The number of methoxy groups -OCH3 is 1. The molecule has 0 spiro atoms. The molecule has 4 rings (SSSR count). The van der Waals surface area contributed by atoms with Crippen LogP contribution in [0.15, 0.2) is 18.2 Å². The monoisotopic (exact) mass is 477 g/mol. The molecule has 0 aromatic heterocycles. The number of ether oxygens (including phenoxy) is 4. The SMILES string of the molecule is CC(C)(C)OC=O.COC(=O)CCCN1C(=O)COc2ccc(NC(=O)C34CN3CCO4)cc21. The molecule has 0 radical (unpaired) electrons. The van der Waals surface area contributed by atoms with Gasteiger partial charge in [0, 0.05) is 25.2 Å². The van der Waals surface area contributed by atoms with E-state index in [1.54, 1.807) is 23.1 Å². The van der Waals surface area contributed by atoms with Gasteiger partial charge in [-0.2, -0.15) is 0 Å². The summed E-state index contributed by atoms with van der Waals surface area (Å²) >= 11 is 0. The highest BCUT2D eigenvalue weighted by Crippen LogP contribution is 2.40. The first-order valence-electron chi connectivity index (χ1n) is 11.1. The normalized spacial score (nSPS) is 22.3. The minimum Gasteiger partial charge on any atom is -0.482 e. The minimum absolute atomic E-state index is 0.0527. The second-order valence-corrected chi connectivity index (χ2v) is 9.03. The lowest BCUT2D eigenvalue weighted by atomic mass is 10.2. The summed E-state index contributed by atoms with van der Waals surface area (Å²) in [6.07, 6.45) is 0.697. The molecule has 0 bridgehead atoms. The summed E-state index contributed by atoms with van der Waals surface area (Å²) in [4.78, 5) is 49.2. The third kappa shape index (κ3) is 6.03. The van der Waals surface area contributed by atoms with Crippen LogP contribution < -0.4 is 15.0 Å². The second-order valence-electron chi connectivity index (χ2n) is 9.03.